The Hall–Kier alpha value is -3.74. The van der Waals surface area contributed by atoms with E-state index in [0.717, 1.165) is 28.8 Å². The van der Waals surface area contributed by atoms with Gasteiger partial charge < -0.3 is 9.88 Å². The van der Waals surface area contributed by atoms with Crippen molar-refractivity contribution in [1.82, 2.24) is 19.2 Å². The quantitative estimate of drug-likeness (QED) is 0.556. The molecule has 0 radical (unpaired) electrons. The molecule has 2 aromatic heterocycles. The lowest BCUT2D eigenvalue weighted by Gasteiger charge is -2.13. The molecule has 1 amide bonds. The maximum atomic E-state index is 12.8. The lowest BCUT2D eigenvalue weighted by Crippen LogP contribution is -2.25. The van der Waals surface area contributed by atoms with Crippen molar-refractivity contribution in [3.05, 3.63) is 81.8 Å². The van der Waals surface area contributed by atoms with E-state index < -0.39 is 0 Å². The van der Waals surface area contributed by atoms with Crippen LogP contribution in [0.15, 0.2) is 59.4 Å². The summed E-state index contributed by atoms with van der Waals surface area (Å²) in [6.07, 6.45) is 0.821. The highest BCUT2D eigenvalue weighted by Gasteiger charge is 2.16. The summed E-state index contributed by atoms with van der Waals surface area (Å²) in [5.41, 5.74) is 4.13. The fourth-order valence-electron chi connectivity index (χ4n) is 3.49. The summed E-state index contributed by atoms with van der Waals surface area (Å²) in [7, 11) is 0. The highest BCUT2D eigenvalue weighted by molar-refractivity contribution is 5.91. The lowest BCUT2D eigenvalue weighted by atomic mass is 10.1. The van der Waals surface area contributed by atoms with Gasteiger partial charge in [-0.3, -0.25) is 9.59 Å². The zero-order valence-electron chi connectivity index (χ0n) is 17.2. The van der Waals surface area contributed by atoms with E-state index in [1.807, 2.05) is 62.4 Å². The van der Waals surface area contributed by atoms with Crippen molar-refractivity contribution in [2.24, 2.45) is 0 Å². The number of amides is 1. The van der Waals surface area contributed by atoms with Gasteiger partial charge in [-0.2, -0.15) is 9.50 Å². The van der Waals surface area contributed by atoms with Gasteiger partial charge in [-0.1, -0.05) is 48.9 Å². The summed E-state index contributed by atoms with van der Waals surface area (Å²) < 4.78 is 2.95. The number of fused-ring (bicyclic) bond motifs is 1. The Labute approximate surface area is 174 Å². The van der Waals surface area contributed by atoms with Crippen LogP contribution in [0.1, 0.15) is 23.7 Å². The van der Waals surface area contributed by atoms with Crippen LogP contribution < -0.4 is 10.9 Å². The Morgan fingerprint density at radius 2 is 1.87 bits per heavy atom. The van der Waals surface area contributed by atoms with Gasteiger partial charge in [0, 0.05) is 23.0 Å². The number of nitrogens with one attached hydrogen (secondary N) is 1. The van der Waals surface area contributed by atoms with Gasteiger partial charge >= 0.3 is 0 Å². The van der Waals surface area contributed by atoms with Crippen molar-refractivity contribution >= 4 is 17.4 Å². The van der Waals surface area contributed by atoms with Crippen LogP contribution >= 0.6 is 0 Å². The lowest BCUT2D eigenvalue weighted by molar-refractivity contribution is -0.116. The minimum absolute atomic E-state index is 0.0274. The molecule has 0 aliphatic rings. The molecule has 4 aromatic rings. The highest BCUT2D eigenvalue weighted by atomic mass is 16.2. The predicted molar refractivity (Wildman–Crippen MR) is 117 cm³/mol. The third kappa shape index (κ3) is 3.74. The number of aryl methyl sites for hydroxylation is 3. The molecule has 0 unspecified atom stereocenters. The van der Waals surface area contributed by atoms with Crippen molar-refractivity contribution in [2.75, 3.05) is 5.32 Å². The van der Waals surface area contributed by atoms with Crippen molar-refractivity contribution in [3.8, 4) is 11.4 Å². The number of hydrogen-bond donors (Lipinski definition) is 1. The van der Waals surface area contributed by atoms with Crippen LogP contribution in [0.5, 0.6) is 0 Å². The molecule has 0 saturated heterocycles. The summed E-state index contributed by atoms with van der Waals surface area (Å²) in [4.78, 5) is 29.8. The Balaban J connectivity index is 1.71. The van der Waals surface area contributed by atoms with Crippen molar-refractivity contribution in [3.63, 3.8) is 0 Å². The van der Waals surface area contributed by atoms with Crippen LogP contribution in [-0.4, -0.2) is 25.1 Å². The SMILES string of the molecule is CCc1ccccc1NC(=O)Cn1c(C)cc(=O)n2nc(-c3cccc(C)c3)nc12. The third-order valence-electron chi connectivity index (χ3n) is 5.05. The first kappa shape index (κ1) is 19.6. The fourth-order valence-corrected chi connectivity index (χ4v) is 3.49. The minimum Gasteiger partial charge on any atom is -0.324 e. The molecular formula is C23H23N5O2. The van der Waals surface area contributed by atoms with E-state index in [2.05, 4.69) is 15.4 Å². The van der Waals surface area contributed by atoms with Crippen LogP contribution in [0, 0.1) is 13.8 Å². The maximum absolute atomic E-state index is 12.8. The smallest absolute Gasteiger partial charge is 0.275 e. The number of carbonyl (C=O) groups is 1. The zero-order chi connectivity index (χ0) is 21.3. The summed E-state index contributed by atoms with van der Waals surface area (Å²) >= 11 is 0. The summed E-state index contributed by atoms with van der Waals surface area (Å²) in [5.74, 6) is 0.604. The molecular weight excluding hydrogens is 378 g/mol. The molecule has 0 fully saturated rings. The number of aromatic nitrogens is 4. The Bertz CT molecular complexity index is 1300. The first-order valence-electron chi connectivity index (χ1n) is 9.88. The Morgan fingerprint density at radius 3 is 2.63 bits per heavy atom. The number of nitrogens with zero attached hydrogens (tertiary/aromatic N) is 4. The van der Waals surface area contributed by atoms with Gasteiger partial charge in [-0.25, -0.2) is 0 Å². The van der Waals surface area contributed by atoms with E-state index in [4.69, 9.17) is 0 Å². The average Bonchev–Trinajstić information content (AvgIpc) is 3.17. The second-order valence-corrected chi connectivity index (χ2v) is 7.29. The molecule has 0 saturated carbocycles. The van der Waals surface area contributed by atoms with Gasteiger partial charge in [-0.15, -0.1) is 5.10 Å². The second-order valence-electron chi connectivity index (χ2n) is 7.29. The van der Waals surface area contributed by atoms with Gasteiger partial charge in [0.2, 0.25) is 11.7 Å². The van der Waals surface area contributed by atoms with E-state index in [9.17, 15) is 9.59 Å². The third-order valence-corrected chi connectivity index (χ3v) is 5.05. The maximum Gasteiger partial charge on any atom is 0.275 e. The molecule has 1 N–H and O–H groups in total. The molecule has 152 valence electrons. The van der Waals surface area contributed by atoms with E-state index >= 15 is 0 Å². The molecule has 4 rings (SSSR count). The Kier molecular flexibility index (Phi) is 5.18. The van der Waals surface area contributed by atoms with E-state index in [1.54, 1.807) is 11.5 Å². The molecule has 2 aromatic carbocycles. The van der Waals surface area contributed by atoms with Gasteiger partial charge in [0.1, 0.15) is 6.54 Å². The fraction of sp³-hybridized carbons (Fsp3) is 0.217. The topological polar surface area (TPSA) is 81.3 Å². The number of hydrogen-bond acceptors (Lipinski definition) is 4. The van der Waals surface area contributed by atoms with E-state index in [1.165, 1.54) is 10.6 Å². The van der Waals surface area contributed by atoms with Crippen LogP contribution in [0.2, 0.25) is 0 Å². The van der Waals surface area contributed by atoms with Gasteiger partial charge in [0.05, 0.1) is 0 Å². The van der Waals surface area contributed by atoms with Crippen LogP contribution in [0.4, 0.5) is 5.69 Å². The number of para-hydroxylation sites is 1. The molecule has 0 spiro atoms. The number of carbonyl (C=O) groups excluding carboxylic acids is 1. The average molecular weight is 401 g/mol. The summed E-state index contributed by atoms with van der Waals surface area (Å²) in [6.45, 7) is 5.85. The zero-order valence-corrected chi connectivity index (χ0v) is 17.2. The number of rotatable bonds is 5. The number of benzene rings is 2. The van der Waals surface area contributed by atoms with Crippen LogP contribution in [0.3, 0.4) is 0 Å². The van der Waals surface area contributed by atoms with Crippen molar-refractivity contribution < 1.29 is 4.79 Å². The van der Waals surface area contributed by atoms with E-state index in [0.29, 0.717) is 17.3 Å². The van der Waals surface area contributed by atoms with Gasteiger partial charge in [0.25, 0.3) is 5.56 Å². The summed E-state index contributed by atoms with van der Waals surface area (Å²) in [6, 6.07) is 17.0. The highest BCUT2D eigenvalue weighted by Crippen LogP contribution is 2.18. The molecule has 7 nitrogen and oxygen atoms in total. The van der Waals surface area contributed by atoms with E-state index in [-0.39, 0.29) is 18.0 Å². The van der Waals surface area contributed by atoms with Crippen molar-refractivity contribution in [2.45, 2.75) is 33.7 Å². The van der Waals surface area contributed by atoms with Crippen LogP contribution in [0.25, 0.3) is 17.2 Å². The number of anilines is 1. The molecule has 7 heteroatoms. The monoisotopic (exact) mass is 401 g/mol. The van der Waals surface area contributed by atoms with Crippen molar-refractivity contribution in [1.29, 1.82) is 0 Å². The largest absolute Gasteiger partial charge is 0.324 e. The summed E-state index contributed by atoms with van der Waals surface area (Å²) in [5, 5.41) is 7.35. The van der Waals surface area contributed by atoms with Crippen LogP contribution in [-0.2, 0) is 17.8 Å². The molecule has 2 heterocycles. The second kappa shape index (κ2) is 7.94. The van der Waals surface area contributed by atoms with Gasteiger partial charge in [-0.05, 0) is 38.0 Å². The predicted octanol–water partition coefficient (Wildman–Crippen LogP) is 3.38. The normalized spacial score (nSPS) is 11.0. The molecule has 0 atom stereocenters. The molecule has 0 aliphatic heterocycles. The molecule has 30 heavy (non-hydrogen) atoms. The minimum atomic E-state index is -0.276. The molecule has 0 aliphatic carbocycles. The standard InChI is InChI=1S/C23H23N5O2/c1-4-17-9-5-6-11-19(17)24-20(29)14-27-16(3)13-21(30)28-23(27)25-22(26-28)18-10-7-8-15(2)12-18/h5-13H,4,14H2,1-3H3,(H,24,29). The first-order valence-corrected chi connectivity index (χ1v) is 9.88. The first-order chi connectivity index (χ1) is 14.5. The van der Waals surface area contributed by atoms with Gasteiger partial charge in [0.15, 0.2) is 5.82 Å². The Morgan fingerprint density at radius 1 is 1.07 bits per heavy atom. The molecule has 0 bridgehead atoms.